The molecule has 2 fully saturated rings. The molecule has 0 bridgehead atoms. The van der Waals surface area contributed by atoms with E-state index in [1.54, 1.807) is 7.11 Å². The molecule has 2 saturated heterocycles. The van der Waals surface area contributed by atoms with Gasteiger partial charge in [-0.3, -0.25) is 4.79 Å². The first-order chi connectivity index (χ1) is 15.6. The van der Waals surface area contributed by atoms with Crippen LogP contribution in [0.3, 0.4) is 0 Å². The average molecular weight is 439 g/mol. The highest BCUT2D eigenvalue weighted by Crippen LogP contribution is 2.24. The van der Waals surface area contributed by atoms with Gasteiger partial charge >= 0.3 is 0 Å². The number of hydrogen-bond acceptors (Lipinski definition) is 6. The lowest BCUT2D eigenvalue weighted by Gasteiger charge is -2.32. The van der Waals surface area contributed by atoms with Gasteiger partial charge in [0.05, 0.1) is 19.6 Å². The number of carbonyl (C=O) groups is 1. The molecule has 4 rings (SSSR count). The Morgan fingerprint density at radius 2 is 2.06 bits per heavy atom. The minimum atomic E-state index is 0.132. The lowest BCUT2D eigenvalue weighted by molar-refractivity contribution is -0.134. The summed E-state index contributed by atoms with van der Waals surface area (Å²) in [5.41, 5.74) is 2.21. The fraction of sp³-hybridized carbons (Fsp3) is 0.560. The number of hydrogen-bond donors (Lipinski definition) is 1. The summed E-state index contributed by atoms with van der Waals surface area (Å²) in [4.78, 5) is 23.8. The summed E-state index contributed by atoms with van der Waals surface area (Å²) in [6.07, 6.45) is 5.73. The topological polar surface area (TPSA) is 76.6 Å². The summed E-state index contributed by atoms with van der Waals surface area (Å²) in [5.74, 6) is 3.27. The van der Waals surface area contributed by atoms with Crippen LogP contribution < -0.4 is 10.1 Å². The zero-order valence-corrected chi connectivity index (χ0v) is 19.2. The predicted octanol–water partition coefficient (Wildman–Crippen LogP) is 3.76. The van der Waals surface area contributed by atoms with Gasteiger partial charge in [-0.1, -0.05) is 12.1 Å². The molecule has 2 aromatic rings. The van der Waals surface area contributed by atoms with Crippen molar-refractivity contribution in [1.82, 2.24) is 14.9 Å². The maximum Gasteiger partial charge on any atom is 0.225 e. The van der Waals surface area contributed by atoms with Crippen LogP contribution in [0.4, 0.5) is 5.82 Å². The second-order valence-electron chi connectivity index (χ2n) is 8.86. The molecular formula is C25H34N4O3. The van der Waals surface area contributed by atoms with Gasteiger partial charge in [0.25, 0.3) is 0 Å². The molecule has 0 saturated carbocycles. The van der Waals surface area contributed by atoms with Crippen LogP contribution in [0.15, 0.2) is 30.3 Å². The van der Waals surface area contributed by atoms with Crippen molar-refractivity contribution in [3.05, 3.63) is 47.4 Å². The van der Waals surface area contributed by atoms with Gasteiger partial charge in [-0.15, -0.1) is 0 Å². The van der Waals surface area contributed by atoms with Crippen LogP contribution in [-0.2, 0) is 22.5 Å². The molecule has 1 aromatic heterocycles. The van der Waals surface area contributed by atoms with Gasteiger partial charge in [0.1, 0.15) is 17.4 Å². The van der Waals surface area contributed by atoms with E-state index < -0.39 is 0 Å². The van der Waals surface area contributed by atoms with Crippen molar-refractivity contribution < 1.29 is 14.3 Å². The molecule has 2 aliphatic heterocycles. The van der Waals surface area contributed by atoms with Crippen molar-refractivity contribution in [2.45, 2.75) is 58.1 Å². The highest BCUT2D eigenvalue weighted by atomic mass is 16.5. The Balaban J connectivity index is 1.28. The molecule has 1 amide bonds. The Morgan fingerprint density at radius 1 is 1.22 bits per heavy atom. The minimum Gasteiger partial charge on any atom is -0.497 e. The Morgan fingerprint density at radius 3 is 2.81 bits per heavy atom. The van der Waals surface area contributed by atoms with Crippen molar-refractivity contribution >= 4 is 11.7 Å². The number of aromatic nitrogens is 2. The molecular weight excluding hydrogens is 404 g/mol. The molecule has 32 heavy (non-hydrogen) atoms. The summed E-state index contributed by atoms with van der Waals surface area (Å²) < 4.78 is 10.9. The summed E-state index contributed by atoms with van der Waals surface area (Å²) in [6.45, 7) is 5.09. The van der Waals surface area contributed by atoms with Crippen molar-refractivity contribution in [3.63, 3.8) is 0 Å². The number of aryl methyl sites for hydroxylation is 1. The number of methoxy groups -OCH3 is 1. The lowest BCUT2D eigenvalue weighted by Crippen LogP contribution is -2.40. The van der Waals surface area contributed by atoms with Gasteiger partial charge in [-0.05, 0) is 62.6 Å². The van der Waals surface area contributed by atoms with E-state index in [0.29, 0.717) is 18.9 Å². The van der Waals surface area contributed by atoms with Crippen molar-refractivity contribution in [2.75, 3.05) is 32.1 Å². The Bertz CT molecular complexity index is 906. The smallest absolute Gasteiger partial charge is 0.225 e. The van der Waals surface area contributed by atoms with E-state index in [4.69, 9.17) is 9.47 Å². The Labute approximate surface area is 190 Å². The molecule has 0 spiro atoms. The average Bonchev–Trinajstić information content (AvgIpc) is 3.31. The van der Waals surface area contributed by atoms with Gasteiger partial charge in [-0.2, -0.15) is 0 Å². The van der Waals surface area contributed by atoms with Crippen LogP contribution >= 0.6 is 0 Å². The second-order valence-corrected chi connectivity index (χ2v) is 8.86. The van der Waals surface area contributed by atoms with E-state index in [9.17, 15) is 4.79 Å². The summed E-state index contributed by atoms with van der Waals surface area (Å²) in [5, 5.41) is 3.42. The second kappa shape index (κ2) is 10.8. The van der Waals surface area contributed by atoms with Crippen molar-refractivity contribution in [3.8, 4) is 5.75 Å². The molecule has 1 unspecified atom stereocenters. The molecule has 172 valence electrons. The maximum absolute atomic E-state index is 12.5. The molecule has 1 atom stereocenters. The Kier molecular flexibility index (Phi) is 7.58. The highest BCUT2D eigenvalue weighted by Gasteiger charge is 2.26. The van der Waals surface area contributed by atoms with Gasteiger partial charge in [0.15, 0.2) is 0 Å². The van der Waals surface area contributed by atoms with E-state index in [1.807, 2.05) is 30.0 Å². The summed E-state index contributed by atoms with van der Waals surface area (Å²) in [7, 11) is 1.68. The molecule has 7 heteroatoms. The number of rotatable bonds is 8. The van der Waals surface area contributed by atoms with Gasteiger partial charge in [0.2, 0.25) is 5.91 Å². The monoisotopic (exact) mass is 438 g/mol. The van der Waals surface area contributed by atoms with E-state index in [-0.39, 0.29) is 12.0 Å². The summed E-state index contributed by atoms with van der Waals surface area (Å²) in [6, 6.07) is 10.1. The largest absolute Gasteiger partial charge is 0.497 e. The van der Waals surface area contributed by atoms with Gasteiger partial charge in [0, 0.05) is 38.0 Å². The fourth-order valence-corrected chi connectivity index (χ4v) is 4.61. The molecule has 0 radical (unpaired) electrons. The third-order valence-electron chi connectivity index (χ3n) is 6.39. The molecule has 1 N–H and O–H groups in total. The Hall–Kier alpha value is -2.67. The highest BCUT2D eigenvalue weighted by molar-refractivity contribution is 5.76. The van der Waals surface area contributed by atoms with Crippen LogP contribution in [0.1, 0.15) is 49.2 Å². The molecule has 1 aromatic carbocycles. The van der Waals surface area contributed by atoms with Crippen molar-refractivity contribution in [2.24, 2.45) is 5.92 Å². The maximum atomic E-state index is 12.5. The van der Waals surface area contributed by atoms with Gasteiger partial charge < -0.3 is 19.7 Å². The predicted molar refractivity (Wildman–Crippen MR) is 124 cm³/mol. The van der Waals surface area contributed by atoms with E-state index in [1.165, 1.54) is 0 Å². The number of piperidine rings is 1. The third kappa shape index (κ3) is 6.19. The minimum absolute atomic E-state index is 0.132. The first-order valence-corrected chi connectivity index (χ1v) is 11.7. The third-order valence-corrected chi connectivity index (χ3v) is 6.39. The van der Waals surface area contributed by atoms with Gasteiger partial charge in [-0.25, -0.2) is 9.97 Å². The fourth-order valence-electron chi connectivity index (χ4n) is 4.61. The normalized spacial score (nSPS) is 19.2. The number of carbonyl (C=O) groups excluding carboxylic acids is 1. The molecule has 3 heterocycles. The van der Waals surface area contributed by atoms with E-state index in [0.717, 1.165) is 80.4 Å². The number of ether oxygens (including phenoxy) is 2. The van der Waals surface area contributed by atoms with Crippen LogP contribution in [-0.4, -0.2) is 53.7 Å². The van der Waals surface area contributed by atoms with E-state index in [2.05, 4.69) is 27.4 Å². The van der Waals surface area contributed by atoms with Crippen molar-refractivity contribution in [1.29, 1.82) is 0 Å². The SMILES string of the molecule is COc1cccc(CNc2cc(CC3CCN(C(=O)CC4CCCO4)CC3)nc(C)n2)c1. The van der Waals surface area contributed by atoms with Crippen LogP contribution in [0, 0.1) is 12.8 Å². The number of amides is 1. The zero-order chi connectivity index (χ0) is 22.3. The first-order valence-electron chi connectivity index (χ1n) is 11.7. The van der Waals surface area contributed by atoms with E-state index >= 15 is 0 Å². The summed E-state index contributed by atoms with van der Waals surface area (Å²) >= 11 is 0. The zero-order valence-electron chi connectivity index (χ0n) is 19.2. The van der Waals surface area contributed by atoms with Crippen LogP contribution in [0.25, 0.3) is 0 Å². The van der Waals surface area contributed by atoms with Crippen LogP contribution in [0.5, 0.6) is 5.75 Å². The number of anilines is 1. The number of benzene rings is 1. The quantitative estimate of drug-likeness (QED) is 0.676. The lowest BCUT2D eigenvalue weighted by atomic mass is 9.91. The number of nitrogens with zero attached hydrogens (tertiary/aromatic N) is 3. The first kappa shape index (κ1) is 22.5. The molecule has 2 aliphatic rings. The molecule has 0 aliphatic carbocycles. The molecule has 7 nitrogen and oxygen atoms in total. The van der Waals surface area contributed by atoms with Crippen LogP contribution in [0.2, 0.25) is 0 Å². The number of nitrogens with one attached hydrogen (secondary N) is 1. The standard InChI is InChI=1S/C25H34N4O3/c1-18-27-21(15-24(28-18)26-17-20-5-3-6-22(14-20)31-2)13-19-8-10-29(11-9-19)25(30)16-23-7-4-12-32-23/h3,5-6,14-15,19,23H,4,7-13,16-17H2,1-2H3,(H,26,27,28). The number of likely N-dealkylation sites (tertiary alicyclic amines) is 1.